The Labute approximate surface area is 113 Å². The van der Waals surface area contributed by atoms with Crippen molar-refractivity contribution in [2.75, 3.05) is 26.4 Å². The van der Waals surface area contributed by atoms with E-state index in [4.69, 9.17) is 5.73 Å². The van der Waals surface area contributed by atoms with E-state index < -0.39 is 0 Å². The molecule has 0 saturated heterocycles. The van der Waals surface area contributed by atoms with E-state index in [0.29, 0.717) is 12.4 Å². The minimum Gasteiger partial charge on any atom is -0.382 e. The molecule has 1 aliphatic carbocycles. The van der Waals surface area contributed by atoms with Gasteiger partial charge in [0.15, 0.2) is 0 Å². The van der Waals surface area contributed by atoms with Gasteiger partial charge in [0.2, 0.25) is 5.91 Å². The second-order valence-electron chi connectivity index (χ2n) is 5.54. The molecule has 106 valence electrons. The standard InChI is InChI=1S/C13H23N5O/c1-17(2)13(6-3-4-7-13)10-15-12(19)9-18-8-5-11(14)16-18/h5,8H,3-4,6-7,9-10H2,1-2H3,(H2,14,16)(H,15,19). The summed E-state index contributed by atoms with van der Waals surface area (Å²) in [5.74, 6) is 0.421. The van der Waals surface area contributed by atoms with Crippen molar-refractivity contribution in [3.05, 3.63) is 12.3 Å². The maximum absolute atomic E-state index is 11.9. The zero-order valence-electron chi connectivity index (χ0n) is 11.7. The molecule has 0 radical (unpaired) electrons. The molecule has 0 atom stereocenters. The van der Waals surface area contributed by atoms with Crippen molar-refractivity contribution in [3.63, 3.8) is 0 Å². The molecule has 0 aromatic carbocycles. The van der Waals surface area contributed by atoms with Crippen LogP contribution in [0.4, 0.5) is 5.82 Å². The molecular formula is C13H23N5O. The number of anilines is 1. The minimum absolute atomic E-state index is 0.0174. The summed E-state index contributed by atoms with van der Waals surface area (Å²) in [6, 6.07) is 1.69. The fourth-order valence-electron chi connectivity index (χ4n) is 2.75. The lowest BCUT2D eigenvalue weighted by atomic mass is 9.96. The molecule has 1 amide bonds. The van der Waals surface area contributed by atoms with E-state index in [1.165, 1.54) is 12.8 Å². The second-order valence-corrected chi connectivity index (χ2v) is 5.54. The number of nitrogens with one attached hydrogen (secondary N) is 1. The van der Waals surface area contributed by atoms with Crippen LogP contribution in [0.1, 0.15) is 25.7 Å². The van der Waals surface area contributed by atoms with E-state index in [1.807, 2.05) is 0 Å². The van der Waals surface area contributed by atoms with Crippen LogP contribution in [0.15, 0.2) is 12.3 Å². The number of nitrogens with zero attached hydrogens (tertiary/aromatic N) is 3. The predicted molar refractivity (Wildman–Crippen MR) is 74.5 cm³/mol. The van der Waals surface area contributed by atoms with Crippen LogP contribution in [0.25, 0.3) is 0 Å². The van der Waals surface area contributed by atoms with Crippen molar-refractivity contribution in [2.24, 2.45) is 0 Å². The number of nitrogen functional groups attached to an aromatic ring is 1. The molecule has 1 aliphatic rings. The van der Waals surface area contributed by atoms with Gasteiger partial charge in [-0.2, -0.15) is 5.10 Å². The van der Waals surface area contributed by atoms with Crippen molar-refractivity contribution < 1.29 is 4.79 Å². The van der Waals surface area contributed by atoms with E-state index in [1.54, 1.807) is 16.9 Å². The lowest BCUT2D eigenvalue weighted by Crippen LogP contribution is -2.51. The molecule has 6 heteroatoms. The van der Waals surface area contributed by atoms with Gasteiger partial charge >= 0.3 is 0 Å². The Morgan fingerprint density at radius 1 is 1.53 bits per heavy atom. The molecule has 0 bridgehead atoms. The Bertz CT molecular complexity index is 434. The number of carbonyl (C=O) groups is 1. The van der Waals surface area contributed by atoms with Crippen molar-refractivity contribution >= 4 is 11.7 Å². The number of amides is 1. The summed E-state index contributed by atoms with van der Waals surface area (Å²) >= 11 is 0. The summed E-state index contributed by atoms with van der Waals surface area (Å²) in [6.07, 6.45) is 6.49. The summed E-state index contributed by atoms with van der Waals surface area (Å²) < 4.78 is 1.56. The Morgan fingerprint density at radius 2 is 2.21 bits per heavy atom. The third-order valence-electron chi connectivity index (χ3n) is 4.06. The van der Waals surface area contributed by atoms with Gasteiger partial charge in [0.25, 0.3) is 0 Å². The van der Waals surface area contributed by atoms with Gasteiger partial charge in [-0.15, -0.1) is 0 Å². The minimum atomic E-state index is -0.0174. The predicted octanol–water partition coefficient (Wildman–Crippen LogP) is 0.456. The fraction of sp³-hybridized carbons (Fsp3) is 0.692. The Kier molecular flexibility index (Phi) is 4.09. The zero-order valence-corrected chi connectivity index (χ0v) is 11.7. The number of nitrogens with two attached hydrogens (primary N) is 1. The van der Waals surface area contributed by atoms with E-state index in [0.717, 1.165) is 12.8 Å². The first-order chi connectivity index (χ1) is 9.02. The summed E-state index contributed by atoms with van der Waals surface area (Å²) in [5.41, 5.74) is 5.64. The molecule has 0 aliphatic heterocycles. The van der Waals surface area contributed by atoms with Crippen LogP contribution >= 0.6 is 0 Å². The Morgan fingerprint density at radius 3 is 2.74 bits per heavy atom. The van der Waals surface area contributed by atoms with E-state index in [-0.39, 0.29) is 18.0 Å². The quantitative estimate of drug-likeness (QED) is 0.811. The van der Waals surface area contributed by atoms with Crippen molar-refractivity contribution in [3.8, 4) is 0 Å². The van der Waals surface area contributed by atoms with Gasteiger partial charge in [-0.3, -0.25) is 9.48 Å². The van der Waals surface area contributed by atoms with E-state index in [9.17, 15) is 4.79 Å². The maximum Gasteiger partial charge on any atom is 0.241 e. The number of rotatable bonds is 5. The highest BCUT2D eigenvalue weighted by Gasteiger charge is 2.36. The van der Waals surface area contributed by atoms with Crippen LogP contribution in [0.5, 0.6) is 0 Å². The summed E-state index contributed by atoms with van der Waals surface area (Å²) in [6.45, 7) is 0.927. The van der Waals surface area contributed by atoms with Crippen molar-refractivity contribution in [1.29, 1.82) is 0 Å². The molecule has 1 heterocycles. The second kappa shape index (κ2) is 5.61. The third-order valence-corrected chi connectivity index (χ3v) is 4.06. The van der Waals surface area contributed by atoms with Crippen LogP contribution in [0, 0.1) is 0 Å². The van der Waals surface area contributed by atoms with Crippen LogP contribution in [0.2, 0.25) is 0 Å². The topological polar surface area (TPSA) is 76.2 Å². The van der Waals surface area contributed by atoms with Gasteiger partial charge in [0.1, 0.15) is 12.4 Å². The lowest BCUT2D eigenvalue weighted by Gasteiger charge is -2.36. The first kappa shape index (κ1) is 13.9. The van der Waals surface area contributed by atoms with Crippen LogP contribution in [-0.2, 0) is 11.3 Å². The molecule has 0 unspecified atom stereocenters. The summed E-state index contributed by atoms with van der Waals surface area (Å²) in [7, 11) is 4.18. The monoisotopic (exact) mass is 265 g/mol. The highest BCUT2D eigenvalue weighted by molar-refractivity contribution is 5.75. The smallest absolute Gasteiger partial charge is 0.241 e. The molecule has 6 nitrogen and oxygen atoms in total. The maximum atomic E-state index is 11.9. The van der Waals surface area contributed by atoms with Gasteiger partial charge < -0.3 is 16.0 Å². The zero-order chi connectivity index (χ0) is 13.9. The molecule has 1 saturated carbocycles. The first-order valence-electron chi connectivity index (χ1n) is 6.75. The van der Waals surface area contributed by atoms with E-state index >= 15 is 0 Å². The van der Waals surface area contributed by atoms with Crippen LogP contribution < -0.4 is 11.1 Å². The number of carbonyl (C=O) groups excluding carboxylic acids is 1. The molecule has 0 spiro atoms. The van der Waals surface area contributed by atoms with Crippen molar-refractivity contribution in [1.82, 2.24) is 20.0 Å². The van der Waals surface area contributed by atoms with Crippen LogP contribution in [-0.4, -0.2) is 46.8 Å². The average molecular weight is 265 g/mol. The molecule has 1 fully saturated rings. The molecule has 3 N–H and O–H groups in total. The number of hydrogen-bond acceptors (Lipinski definition) is 4. The summed E-state index contributed by atoms with van der Waals surface area (Å²) in [4.78, 5) is 14.2. The Balaban J connectivity index is 1.85. The molecule has 1 aromatic rings. The van der Waals surface area contributed by atoms with Crippen LogP contribution in [0.3, 0.4) is 0 Å². The van der Waals surface area contributed by atoms with E-state index in [2.05, 4.69) is 29.4 Å². The largest absolute Gasteiger partial charge is 0.382 e. The number of likely N-dealkylation sites (N-methyl/N-ethyl adjacent to an activating group) is 1. The normalized spacial score (nSPS) is 17.8. The van der Waals surface area contributed by atoms with Gasteiger partial charge in [-0.25, -0.2) is 0 Å². The fourth-order valence-corrected chi connectivity index (χ4v) is 2.75. The molecule has 1 aromatic heterocycles. The molecular weight excluding hydrogens is 242 g/mol. The van der Waals surface area contributed by atoms with Gasteiger partial charge in [0, 0.05) is 18.3 Å². The van der Waals surface area contributed by atoms with Gasteiger partial charge in [-0.05, 0) is 33.0 Å². The van der Waals surface area contributed by atoms with Gasteiger partial charge in [0.05, 0.1) is 0 Å². The summed E-state index contributed by atoms with van der Waals surface area (Å²) in [5, 5.41) is 7.03. The average Bonchev–Trinajstić information content (AvgIpc) is 2.97. The first-order valence-corrected chi connectivity index (χ1v) is 6.75. The third kappa shape index (κ3) is 3.26. The van der Waals surface area contributed by atoms with Crippen molar-refractivity contribution in [2.45, 2.75) is 37.8 Å². The van der Waals surface area contributed by atoms with Gasteiger partial charge in [-0.1, -0.05) is 12.8 Å². The molecule has 2 rings (SSSR count). The highest BCUT2D eigenvalue weighted by atomic mass is 16.2. The SMILES string of the molecule is CN(C)C1(CNC(=O)Cn2ccc(N)n2)CCCC1. The Hall–Kier alpha value is -1.56. The lowest BCUT2D eigenvalue weighted by molar-refractivity contribution is -0.122. The number of hydrogen-bond donors (Lipinski definition) is 2. The molecule has 19 heavy (non-hydrogen) atoms. The number of aromatic nitrogens is 2. The highest BCUT2D eigenvalue weighted by Crippen LogP contribution is 2.32.